The van der Waals surface area contributed by atoms with Crippen molar-refractivity contribution in [3.8, 4) is 0 Å². The Balaban J connectivity index is 1.79. The molecule has 0 bridgehead atoms. The van der Waals surface area contributed by atoms with E-state index >= 15 is 0 Å². The van der Waals surface area contributed by atoms with Gasteiger partial charge in [0.2, 0.25) is 0 Å². The van der Waals surface area contributed by atoms with Gasteiger partial charge in [0.15, 0.2) is 0 Å². The molecule has 9 heteroatoms. The first-order valence-corrected chi connectivity index (χ1v) is 11.9. The fraction of sp³-hybridized carbons (Fsp3) is 0.185. The monoisotopic (exact) mass is 524 g/mol. The van der Waals surface area contributed by atoms with E-state index in [2.05, 4.69) is 4.98 Å². The number of hydrogen-bond acceptors (Lipinski definition) is 6. The molecule has 3 aromatic rings. The van der Waals surface area contributed by atoms with E-state index in [4.69, 9.17) is 27.9 Å². The molecule has 1 unspecified atom stereocenters. The van der Waals surface area contributed by atoms with Gasteiger partial charge in [0, 0.05) is 23.6 Å². The maximum absolute atomic E-state index is 13.2. The van der Waals surface area contributed by atoms with Gasteiger partial charge in [-0.1, -0.05) is 43.1 Å². The number of halogens is 2. The molecule has 1 amide bonds. The highest BCUT2D eigenvalue weighted by Gasteiger charge is 2.47. The Bertz CT molecular complexity index is 1350. The van der Waals surface area contributed by atoms with Crippen molar-refractivity contribution in [2.45, 2.75) is 19.9 Å². The van der Waals surface area contributed by atoms with E-state index in [9.17, 15) is 19.5 Å². The highest BCUT2D eigenvalue weighted by molar-refractivity contribution is 6.51. The van der Waals surface area contributed by atoms with Gasteiger partial charge < -0.3 is 9.84 Å². The largest absolute Gasteiger partial charge is 0.507 e. The zero-order chi connectivity index (χ0) is 26.0. The van der Waals surface area contributed by atoms with Crippen LogP contribution in [0.25, 0.3) is 5.76 Å². The predicted molar refractivity (Wildman–Crippen MR) is 137 cm³/mol. The van der Waals surface area contributed by atoms with Crippen LogP contribution >= 0.6 is 23.2 Å². The molecule has 7 nitrogen and oxygen atoms in total. The predicted octanol–water partition coefficient (Wildman–Crippen LogP) is 5.83. The SMILES string of the molecule is CC(C)COC(=O)c1ccc(N2C(=O)C(=O)/C(=C(\O)c3ccc(Cl)c(Cl)c3)C2c2cccnc2)cc1. The molecule has 1 aromatic heterocycles. The van der Waals surface area contributed by atoms with Crippen LogP contribution in [-0.4, -0.2) is 34.4 Å². The molecule has 1 saturated heterocycles. The summed E-state index contributed by atoms with van der Waals surface area (Å²) >= 11 is 12.1. The number of amides is 1. The summed E-state index contributed by atoms with van der Waals surface area (Å²) in [6.45, 7) is 4.15. The molecule has 0 radical (unpaired) electrons. The number of aromatic nitrogens is 1. The Morgan fingerprint density at radius 2 is 1.75 bits per heavy atom. The van der Waals surface area contributed by atoms with Crippen LogP contribution in [0.4, 0.5) is 5.69 Å². The van der Waals surface area contributed by atoms with Crippen LogP contribution in [0.1, 0.15) is 41.4 Å². The van der Waals surface area contributed by atoms with Gasteiger partial charge in [0.1, 0.15) is 5.76 Å². The summed E-state index contributed by atoms with van der Waals surface area (Å²) < 4.78 is 5.26. The Kier molecular flexibility index (Phi) is 7.43. The van der Waals surface area contributed by atoms with Crippen LogP contribution in [0.15, 0.2) is 72.6 Å². The second-order valence-electron chi connectivity index (χ2n) is 8.62. The number of pyridine rings is 1. The summed E-state index contributed by atoms with van der Waals surface area (Å²) in [5, 5.41) is 11.6. The van der Waals surface area contributed by atoms with Crippen LogP contribution in [0.5, 0.6) is 0 Å². The lowest BCUT2D eigenvalue weighted by atomic mass is 9.96. The number of ketones is 1. The van der Waals surface area contributed by atoms with Gasteiger partial charge in [-0.3, -0.25) is 19.5 Å². The van der Waals surface area contributed by atoms with Crippen molar-refractivity contribution >= 4 is 52.3 Å². The Hall–Kier alpha value is -3.68. The summed E-state index contributed by atoms with van der Waals surface area (Å²) in [4.78, 5) is 44.1. The lowest BCUT2D eigenvalue weighted by molar-refractivity contribution is -0.132. The van der Waals surface area contributed by atoms with Crippen molar-refractivity contribution in [2.24, 2.45) is 5.92 Å². The number of carbonyl (C=O) groups is 3. The quantitative estimate of drug-likeness (QED) is 0.188. The average molecular weight is 525 g/mol. The number of aliphatic hydroxyl groups excluding tert-OH is 1. The minimum Gasteiger partial charge on any atom is -0.507 e. The molecule has 1 N–H and O–H groups in total. The Morgan fingerprint density at radius 1 is 1.06 bits per heavy atom. The number of aliphatic hydroxyl groups is 1. The molecule has 4 rings (SSSR count). The molecule has 1 aliphatic rings. The van der Waals surface area contributed by atoms with Gasteiger partial charge >= 0.3 is 5.97 Å². The molecular formula is C27H22Cl2N2O5. The summed E-state index contributed by atoms with van der Waals surface area (Å²) in [5.41, 5.74) is 1.30. The van der Waals surface area contributed by atoms with E-state index in [0.29, 0.717) is 16.8 Å². The molecular weight excluding hydrogens is 503 g/mol. The molecule has 0 saturated carbocycles. The fourth-order valence-corrected chi connectivity index (χ4v) is 4.13. The standard InChI is InChI=1S/C27H22Cl2N2O5/c1-15(2)14-36-27(35)16-5-8-19(9-6-16)31-23(18-4-3-11-30-13-18)22(25(33)26(31)34)24(32)17-7-10-20(28)21(29)12-17/h3-13,15,23,32H,14H2,1-2H3/b24-22-. The zero-order valence-electron chi connectivity index (χ0n) is 19.4. The summed E-state index contributed by atoms with van der Waals surface area (Å²) in [6, 6.07) is 13.0. The second-order valence-corrected chi connectivity index (χ2v) is 9.44. The smallest absolute Gasteiger partial charge is 0.338 e. The van der Waals surface area contributed by atoms with Crippen LogP contribution < -0.4 is 4.90 Å². The third-order valence-electron chi connectivity index (χ3n) is 5.57. The number of carbonyl (C=O) groups excluding carboxylic acids is 3. The maximum atomic E-state index is 13.2. The first-order valence-electron chi connectivity index (χ1n) is 11.1. The lowest BCUT2D eigenvalue weighted by Gasteiger charge is -2.25. The number of hydrogen-bond donors (Lipinski definition) is 1. The molecule has 2 aromatic carbocycles. The number of esters is 1. The van der Waals surface area contributed by atoms with Crippen LogP contribution in [0.2, 0.25) is 10.0 Å². The number of nitrogens with zero attached hydrogens (tertiary/aromatic N) is 2. The number of rotatable bonds is 6. The molecule has 1 aliphatic heterocycles. The molecule has 1 fully saturated rings. The fourth-order valence-electron chi connectivity index (χ4n) is 3.83. The van der Waals surface area contributed by atoms with Crippen LogP contribution in [-0.2, 0) is 14.3 Å². The minimum atomic E-state index is -0.966. The Labute approximate surface area is 217 Å². The van der Waals surface area contributed by atoms with E-state index in [0.717, 1.165) is 0 Å². The lowest BCUT2D eigenvalue weighted by Crippen LogP contribution is -2.29. The third-order valence-corrected chi connectivity index (χ3v) is 6.31. The van der Waals surface area contributed by atoms with Gasteiger partial charge in [0.25, 0.3) is 11.7 Å². The highest BCUT2D eigenvalue weighted by Crippen LogP contribution is 2.42. The van der Waals surface area contributed by atoms with E-state index in [1.54, 1.807) is 30.5 Å². The van der Waals surface area contributed by atoms with Crippen molar-refractivity contribution in [3.63, 3.8) is 0 Å². The maximum Gasteiger partial charge on any atom is 0.338 e. The van der Waals surface area contributed by atoms with Gasteiger partial charge in [0.05, 0.1) is 33.8 Å². The Morgan fingerprint density at radius 3 is 2.36 bits per heavy atom. The van der Waals surface area contributed by atoms with Crippen molar-refractivity contribution in [1.82, 2.24) is 4.98 Å². The van der Waals surface area contributed by atoms with Crippen molar-refractivity contribution in [1.29, 1.82) is 0 Å². The number of anilines is 1. The van der Waals surface area contributed by atoms with Gasteiger partial charge in [-0.2, -0.15) is 0 Å². The molecule has 0 aliphatic carbocycles. The van der Waals surface area contributed by atoms with Gasteiger partial charge in [-0.25, -0.2) is 4.79 Å². The van der Waals surface area contributed by atoms with E-state index in [-0.39, 0.29) is 33.7 Å². The average Bonchev–Trinajstić information content (AvgIpc) is 3.14. The molecule has 184 valence electrons. The van der Waals surface area contributed by atoms with E-state index < -0.39 is 29.5 Å². The molecule has 0 spiro atoms. The van der Waals surface area contributed by atoms with Crippen LogP contribution in [0, 0.1) is 5.92 Å². The van der Waals surface area contributed by atoms with Crippen molar-refractivity contribution in [3.05, 3.63) is 99.3 Å². The summed E-state index contributed by atoms with van der Waals surface area (Å²) in [7, 11) is 0. The van der Waals surface area contributed by atoms with Gasteiger partial charge in [-0.15, -0.1) is 0 Å². The number of ether oxygens (including phenoxy) is 1. The number of benzene rings is 2. The molecule has 36 heavy (non-hydrogen) atoms. The number of Topliss-reactive ketones (excluding diaryl/α,β-unsaturated/α-hetero) is 1. The van der Waals surface area contributed by atoms with Crippen LogP contribution in [0.3, 0.4) is 0 Å². The first kappa shape index (κ1) is 25.4. The highest BCUT2D eigenvalue weighted by atomic mass is 35.5. The van der Waals surface area contributed by atoms with E-state index in [1.165, 1.54) is 41.4 Å². The zero-order valence-corrected chi connectivity index (χ0v) is 21.0. The second kappa shape index (κ2) is 10.5. The first-order chi connectivity index (χ1) is 17.2. The van der Waals surface area contributed by atoms with E-state index in [1.807, 2.05) is 13.8 Å². The van der Waals surface area contributed by atoms with Crippen molar-refractivity contribution < 1.29 is 24.2 Å². The minimum absolute atomic E-state index is 0.119. The van der Waals surface area contributed by atoms with Gasteiger partial charge in [-0.05, 0) is 60.0 Å². The summed E-state index contributed by atoms with van der Waals surface area (Å²) in [6.07, 6.45) is 3.08. The topological polar surface area (TPSA) is 96.8 Å². The molecule has 1 atom stereocenters. The normalized spacial score (nSPS) is 17.0. The third kappa shape index (κ3) is 4.98. The molecule has 2 heterocycles. The van der Waals surface area contributed by atoms with Crippen molar-refractivity contribution in [2.75, 3.05) is 11.5 Å². The summed E-state index contributed by atoms with van der Waals surface area (Å²) in [5.74, 6) is -2.39.